The molecule has 0 atom stereocenters. The average molecular weight is 314 g/mol. The number of fused-ring (bicyclic) bond motifs is 1. The van der Waals surface area contributed by atoms with Crippen LogP contribution in [0.15, 0.2) is 12.1 Å². The summed E-state index contributed by atoms with van der Waals surface area (Å²) in [6.45, 7) is 4.68. The van der Waals surface area contributed by atoms with Crippen molar-refractivity contribution in [3.05, 3.63) is 22.2 Å². The Morgan fingerprint density at radius 1 is 1.30 bits per heavy atom. The monoisotopic (exact) mass is 313 g/mol. The number of nitrogen functional groups attached to an aromatic ring is 1. The number of hydrogen-bond acceptors (Lipinski definition) is 3. The summed E-state index contributed by atoms with van der Waals surface area (Å²) in [5.74, 6) is 0.506. The first-order chi connectivity index (χ1) is 9.48. The lowest BCUT2D eigenvalue weighted by atomic mass is 9.82. The zero-order valence-corrected chi connectivity index (χ0v) is 12.8. The van der Waals surface area contributed by atoms with Crippen molar-refractivity contribution in [1.82, 2.24) is 9.55 Å². The van der Waals surface area contributed by atoms with Gasteiger partial charge >= 0.3 is 0 Å². The van der Waals surface area contributed by atoms with Crippen LogP contribution in [0.5, 0.6) is 0 Å². The number of hydrogen-bond donors (Lipinski definition) is 1. The van der Waals surface area contributed by atoms with Gasteiger partial charge < -0.3 is 15.0 Å². The largest absolute Gasteiger partial charge is 0.381 e. The van der Waals surface area contributed by atoms with Crippen molar-refractivity contribution >= 4 is 40.2 Å². The van der Waals surface area contributed by atoms with E-state index in [0.717, 1.165) is 43.6 Å². The van der Waals surface area contributed by atoms with Gasteiger partial charge in [0.05, 0.1) is 21.1 Å². The first kappa shape index (κ1) is 14.0. The molecule has 3 rings (SSSR count). The highest BCUT2D eigenvalue weighted by atomic mass is 35.5. The summed E-state index contributed by atoms with van der Waals surface area (Å²) in [5.41, 5.74) is 7.96. The minimum atomic E-state index is 0.173. The molecule has 1 saturated heterocycles. The van der Waals surface area contributed by atoms with Crippen molar-refractivity contribution in [2.45, 2.75) is 26.3 Å². The van der Waals surface area contributed by atoms with Crippen LogP contribution >= 0.6 is 23.2 Å². The van der Waals surface area contributed by atoms with Crippen molar-refractivity contribution in [3.8, 4) is 0 Å². The number of nitrogens with two attached hydrogens (primary N) is 1. The SMILES string of the molecule is CC1(Cn2c(N)nc3cc(Cl)c(Cl)cc32)CCOCC1. The van der Waals surface area contributed by atoms with Gasteiger partial charge in [-0.25, -0.2) is 4.98 Å². The van der Waals surface area contributed by atoms with E-state index < -0.39 is 0 Å². The van der Waals surface area contributed by atoms with Crippen molar-refractivity contribution in [1.29, 1.82) is 0 Å². The Hall–Kier alpha value is -0.970. The van der Waals surface area contributed by atoms with Crippen LogP contribution in [-0.2, 0) is 11.3 Å². The Bertz CT molecular complexity index is 647. The molecule has 0 radical (unpaired) electrons. The molecule has 0 spiro atoms. The van der Waals surface area contributed by atoms with Crippen molar-refractivity contribution in [2.75, 3.05) is 18.9 Å². The second kappa shape index (κ2) is 5.10. The first-order valence-electron chi connectivity index (χ1n) is 6.67. The normalized spacial score (nSPS) is 18.6. The number of aromatic nitrogens is 2. The maximum atomic E-state index is 6.11. The summed E-state index contributed by atoms with van der Waals surface area (Å²) in [6, 6.07) is 3.60. The molecule has 1 aliphatic heterocycles. The molecule has 20 heavy (non-hydrogen) atoms. The van der Waals surface area contributed by atoms with Crippen molar-refractivity contribution < 1.29 is 4.74 Å². The number of anilines is 1. The molecule has 2 heterocycles. The topological polar surface area (TPSA) is 53.1 Å². The lowest BCUT2D eigenvalue weighted by molar-refractivity contribution is 0.0163. The van der Waals surface area contributed by atoms with Gasteiger partial charge in [-0.2, -0.15) is 0 Å². The zero-order valence-electron chi connectivity index (χ0n) is 11.3. The van der Waals surface area contributed by atoms with E-state index in [1.54, 1.807) is 6.07 Å². The highest BCUT2D eigenvalue weighted by Crippen LogP contribution is 2.35. The summed E-state index contributed by atoms with van der Waals surface area (Å²) in [6.07, 6.45) is 2.04. The van der Waals surface area contributed by atoms with E-state index in [9.17, 15) is 0 Å². The number of halogens is 2. The fourth-order valence-electron chi connectivity index (χ4n) is 2.71. The first-order valence-corrected chi connectivity index (χ1v) is 7.43. The van der Waals surface area contributed by atoms with Crippen LogP contribution in [0, 0.1) is 5.41 Å². The van der Waals surface area contributed by atoms with E-state index in [4.69, 9.17) is 33.7 Å². The summed E-state index contributed by atoms with van der Waals surface area (Å²) in [7, 11) is 0. The van der Waals surface area contributed by atoms with E-state index in [1.165, 1.54) is 0 Å². The van der Waals surface area contributed by atoms with Crippen molar-refractivity contribution in [3.63, 3.8) is 0 Å². The van der Waals surface area contributed by atoms with E-state index in [2.05, 4.69) is 11.9 Å². The van der Waals surface area contributed by atoms with Gasteiger partial charge in [-0.1, -0.05) is 30.1 Å². The third-order valence-electron chi connectivity index (χ3n) is 4.06. The lowest BCUT2D eigenvalue weighted by Gasteiger charge is -2.34. The Labute approximate surface area is 127 Å². The van der Waals surface area contributed by atoms with Crippen LogP contribution in [0.3, 0.4) is 0 Å². The number of benzene rings is 1. The molecule has 2 N–H and O–H groups in total. The van der Waals surface area contributed by atoms with Crippen LogP contribution in [-0.4, -0.2) is 22.8 Å². The standard InChI is InChI=1S/C14H17Cl2N3O/c1-14(2-4-20-5-3-14)8-19-12-7-10(16)9(15)6-11(12)18-13(19)17/h6-7H,2-5,8H2,1H3,(H2,17,18). The van der Waals surface area contributed by atoms with Crippen molar-refractivity contribution in [2.24, 2.45) is 5.41 Å². The number of nitrogens with zero attached hydrogens (tertiary/aromatic N) is 2. The highest BCUT2D eigenvalue weighted by Gasteiger charge is 2.29. The molecular weight excluding hydrogens is 297 g/mol. The lowest BCUT2D eigenvalue weighted by Crippen LogP contribution is -2.31. The van der Waals surface area contributed by atoms with Crippen LogP contribution in [0.25, 0.3) is 11.0 Å². The summed E-state index contributed by atoms with van der Waals surface area (Å²) in [4.78, 5) is 4.38. The van der Waals surface area contributed by atoms with E-state index in [0.29, 0.717) is 16.0 Å². The van der Waals surface area contributed by atoms with E-state index in [-0.39, 0.29) is 5.41 Å². The third kappa shape index (κ3) is 2.48. The quantitative estimate of drug-likeness (QED) is 0.918. The molecule has 0 bridgehead atoms. The van der Waals surface area contributed by atoms with Crippen LogP contribution in [0.2, 0.25) is 10.0 Å². The van der Waals surface area contributed by atoms with Gasteiger partial charge in [-0.15, -0.1) is 0 Å². The Morgan fingerprint density at radius 3 is 2.65 bits per heavy atom. The van der Waals surface area contributed by atoms with Gasteiger partial charge in [0.25, 0.3) is 0 Å². The van der Waals surface area contributed by atoms with E-state index in [1.807, 2.05) is 10.6 Å². The molecule has 1 fully saturated rings. The number of rotatable bonds is 2. The number of ether oxygens (including phenoxy) is 1. The maximum Gasteiger partial charge on any atom is 0.201 e. The van der Waals surface area contributed by atoms with Crippen LogP contribution < -0.4 is 5.73 Å². The van der Waals surface area contributed by atoms with Gasteiger partial charge in [0.2, 0.25) is 5.95 Å². The van der Waals surface area contributed by atoms with Gasteiger partial charge in [0.1, 0.15) is 0 Å². The molecule has 1 aromatic heterocycles. The molecule has 2 aromatic rings. The maximum absolute atomic E-state index is 6.11. The Balaban J connectivity index is 2.02. The minimum absolute atomic E-state index is 0.173. The Kier molecular flexibility index (Phi) is 3.56. The van der Waals surface area contributed by atoms with Gasteiger partial charge in [-0.3, -0.25) is 0 Å². The fraction of sp³-hybridized carbons (Fsp3) is 0.500. The molecule has 0 unspecified atom stereocenters. The fourth-order valence-corrected chi connectivity index (χ4v) is 3.02. The predicted molar refractivity (Wildman–Crippen MR) is 82.3 cm³/mol. The molecular formula is C14H17Cl2N3O. The van der Waals surface area contributed by atoms with Gasteiger partial charge in [0, 0.05) is 19.8 Å². The molecule has 0 aliphatic carbocycles. The highest BCUT2D eigenvalue weighted by molar-refractivity contribution is 6.42. The molecule has 4 nitrogen and oxygen atoms in total. The predicted octanol–water partition coefficient (Wildman–Crippen LogP) is 3.74. The molecule has 108 valence electrons. The zero-order chi connectivity index (χ0) is 14.3. The molecule has 0 saturated carbocycles. The van der Waals surface area contributed by atoms with Crippen LogP contribution in [0.4, 0.5) is 5.95 Å². The Morgan fingerprint density at radius 2 is 1.95 bits per heavy atom. The number of imidazole rings is 1. The summed E-state index contributed by atoms with van der Waals surface area (Å²) >= 11 is 12.1. The second-order valence-corrected chi connectivity index (χ2v) is 6.55. The second-order valence-electron chi connectivity index (χ2n) is 5.73. The average Bonchev–Trinajstić information content (AvgIpc) is 2.67. The van der Waals surface area contributed by atoms with Gasteiger partial charge in [-0.05, 0) is 30.4 Å². The van der Waals surface area contributed by atoms with Crippen LogP contribution in [0.1, 0.15) is 19.8 Å². The minimum Gasteiger partial charge on any atom is -0.381 e. The van der Waals surface area contributed by atoms with Gasteiger partial charge in [0.15, 0.2) is 0 Å². The molecule has 1 aliphatic rings. The summed E-state index contributed by atoms with van der Waals surface area (Å²) in [5, 5.41) is 1.03. The molecule has 6 heteroatoms. The molecule has 1 aromatic carbocycles. The summed E-state index contributed by atoms with van der Waals surface area (Å²) < 4.78 is 7.47. The molecule has 0 amide bonds. The smallest absolute Gasteiger partial charge is 0.201 e. The third-order valence-corrected chi connectivity index (χ3v) is 4.78. The van der Waals surface area contributed by atoms with E-state index >= 15 is 0 Å².